The maximum atomic E-state index is 4.98. The fourth-order valence-electron chi connectivity index (χ4n) is 6.28. The van der Waals surface area contributed by atoms with E-state index >= 15 is 0 Å². The molecule has 0 aliphatic heterocycles. The van der Waals surface area contributed by atoms with E-state index in [9.17, 15) is 0 Å². The summed E-state index contributed by atoms with van der Waals surface area (Å²) in [6.07, 6.45) is 0. The summed E-state index contributed by atoms with van der Waals surface area (Å²) in [6.45, 7) is 2.08. The lowest BCUT2D eigenvalue weighted by molar-refractivity contribution is 1.07. The Morgan fingerprint density at radius 2 is 0.612 bits per heavy atom. The van der Waals surface area contributed by atoms with Gasteiger partial charge in [-0.2, -0.15) is 0 Å². The van der Waals surface area contributed by atoms with Crippen LogP contribution in [0, 0.1) is 6.92 Å². The molecule has 8 rings (SSSR count). The molecule has 0 atom stereocenters. The molecule has 0 radical (unpaired) electrons. The van der Waals surface area contributed by atoms with Gasteiger partial charge in [0.25, 0.3) is 0 Å². The molecular formula is C46H33N3. The summed E-state index contributed by atoms with van der Waals surface area (Å²) in [6, 6.07) is 63.7. The third kappa shape index (κ3) is 6.30. The van der Waals surface area contributed by atoms with E-state index in [2.05, 4.69) is 159 Å². The van der Waals surface area contributed by atoms with Crippen molar-refractivity contribution in [1.82, 2.24) is 15.0 Å². The largest absolute Gasteiger partial charge is 0.208 e. The second-order valence-corrected chi connectivity index (χ2v) is 12.2. The van der Waals surface area contributed by atoms with Gasteiger partial charge in [0, 0.05) is 16.7 Å². The summed E-state index contributed by atoms with van der Waals surface area (Å²) in [4.78, 5) is 14.9. The summed E-state index contributed by atoms with van der Waals surface area (Å²) >= 11 is 0. The number of rotatable bonds is 7. The first-order valence-corrected chi connectivity index (χ1v) is 16.5. The second-order valence-electron chi connectivity index (χ2n) is 12.2. The molecule has 0 aliphatic rings. The van der Waals surface area contributed by atoms with Crippen LogP contribution in [0.1, 0.15) is 5.56 Å². The molecule has 0 aliphatic carbocycles. The number of aromatic nitrogens is 3. The minimum Gasteiger partial charge on any atom is -0.208 e. The van der Waals surface area contributed by atoms with Gasteiger partial charge in [-0.25, -0.2) is 15.0 Å². The third-order valence-corrected chi connectivity index (χ3v) is 8.82. The predicted octanol–water partition coefficient (Wildman–Crippen LogP) is 11.8. The van der Waals surface area contributed by atoms with Gasteiger partial charge in [-0.05, 0) is 63.6 Å². The average molecular weight is 628 g/mol. The number of nitrogens with zero attached hydrogens (tertiary/aromatic N) is 3. The molecule has 49 heavy (non-hydrogen) atoms. The normalized spacial score (nSPS) is 11.0. The zero-order valence-corrected chi connectivity index (χ0v) is 27.2. The van der Waals surface area contributed by atoms with Gasteiger partial charge in [0.05, 0.1) is 0 Å². The zero-order chi connectivity index (χ0) is 33.0. The first-order valence-electron chi connectivity index (χ1n) is 16.5. The highest BCUT2D eigenvalue weighted by atomic mass is 15.0. The Labute approximate surface area is 287 Å². The van der Waals surface area contributed by atoms with Crippen molar-refractivity contribution in [3.05, 3.63) is 188 Å². The zero-order valence-electron chi connectivity index (χ0n) is 27.2. The number of aryl methyl sites for hydroxylation is 1. The summed E-state index contributed by atoms with van der Waals surface area (Å²) < 4.78 is 0. The molecule has 0 saturated carbocycles. The molecule has 0 bridgehead atoms. The van der Waals surface area contributed by atoms with Gasteiger partial charge < -0.3 is 0 Å². The van der Waals surface area contributed by atoms with Crippen molar-refractivity contribution in [2.24, 2.45) is 0 Å². The van der Waals surface area contributed by atoms with E-state index in [0.717, 1.165) is 22.3 Å². The van der Waals surface area contributed by atoms with Crippen LogP contribution in [0.4, 0.5) is 0 Å². The summed E-state index contributed by atoms with van der Waals surface area (Å²) in [5, 5.41) is 0. The van der Waals surface area contributed by atoms with Crippen molar-refractivity contribution in [3.8, 4) is 78.7 Å². The Morgan fingerprint density at radius 1 is 0.286 bits per heavy atom. The second kappa shape index (κ2) is 13.3. The van der Waals surface area contributed by atoms with E-state index in [1.54, 1.807) is 0 Å². The maximum absolute atomic E-state index is 4.98. The number of hydrogen-bond donors (Lipinski definition) is 0. The van der Waals surface area contributed by atoms with Crippen LogP contribution in [0.15, 0.2) is 182 Å². The molecule has 7 aromatic carbocycles. The summed E-state index contributed by atoms with van der Waals surface area (Å²) in [5.74, 6) is 1.95. The Hall–Kier alpha value is -6.45. The number of benzene rings is 7. The van der Waals surface area contributed by atoms with Crippen LogP contribution in [-0.4, -0.2) is 15.0 Å². The number of hydrogen-bond acceptors (Lipinski definition) is 3. The Balaban J connectivity index is 1.30. The van der Waals surface area contributed by atoms with Crippen molar-refractivity contribution < 1.29 is 0 Å². The maximum Gasteiger partial charge on any atom is 0.164 e. The van der Waals surface area contributed by atoms with E-state index in [1.807, 2.05) is 30.3 Å². The fourth-order valence-corrected chi connectivity index (χ4v) is 6.28. The van der Waals surface area contributed by atoms with Crippen molar-refractivity contribution in [2.75, 3.05) is 0 Å². The Bertz CT molecular complexity index is 2270. The van der Waals surface area contributed by atoms with Crippen LogP contribution in [0.25, 0.3) is 78.7 Å². The highest BCUT2D eigenvalue weighted by Gasteiger charge is 2.18. The van der Waals surface area contributed by atoms with E-state index in [1.165, 1.54) is 44.5 Å². The van der Waals surface area contributed by atoms with Gasteiger partial charge in [-0.15, -0.1) is 0 Å². The van der Waals surface area contributed by atoms with Crippen molar-refractivity contribution in [1.29, 1.82) is 0 Å². The molecule has 1 aromatic heterocycles. The third-order valence-electron chi connectivity index (χ3n) is 8.82. The molecule has 0 amide bonds. The molecule has 3 nitrogen and oxygen atoms in total. The molecule has 8 aromatic rings. The highest BCUT2D eigenvalue weighted by Crippen LogP contribution is 2.43. The topological polar surface area (TPSA) is 38.7 Å². The SMILES string of the molecule is Cc1ccc(-c2nc(-c3ccccc3)nc(-c3ccc(-c4c(-c5ccccc5)cc(-c5ccccc5)cc4-c4ccccc4)cc3)n2)cc1. The van der Waals surface area contributed by atoms with Gasteiger partial charge in [-0.3, -0.25) is 0 Å². The minimum absolute atomic E-state index is 0.641. The molecule has 0 unspecified atom stereocenters. The Kier molecular flexibility index (Phi) is 8.15. The summed E-state index contributed by atoms with van der Waals surface area (Å²) in [5.41, 5.74) is 13.4. The molecule has 1 heterocycles. The van der Waals surface area contributed by atoms with Gasteiger partial charge in [0.15, 0.2) is 17.5 Å². The van der Waals surface area contributed by atoms with Crippen LogP contribution < -0.4 is 0 Å². The molecule has 3 heteroatoms. The van der Waals surface area contributed by atoms with Crippen LogP contribution in [-0.2, 0) is 0 Å². The quantitative estimate of drug-likeness (QED) is 0.176. The van der Waals surface area contributed by atoms with E-state index < -0.39 is 0 Å². The van der Waals surface area contributed by atoms with Gasteiger partial charge >= 0.3 is 0 Å². The monoisotopic (exact) mass is 627 g/mol. The molecule has 0 fully saturated rings. The first kappa shape index (κ1) is 29.9. The van der Waals surface area contributed by atoms with E-state index in [0.29, 0.717) is 17.5 Å². The molecule has 232 valence electrons. The van der Waals surface area contributed by atoms with Crippen molar-refractivity contribution >= 4 is 0 Å². The lowest BCUT2D eigenvalue weighted by Crippen LogP contribution is -2.00. The summed E-state index contributed by atoms with van der Waals surface area (Å²) in [7, 11) is 0. The van der Waals surface area contributed by atoms with Gasteiger partial charge in [0.2, 0.25) is 0 Å². The lowest BCUT2D eigenvalue weighted by Gasteiger charge is -2.19. The molecule has 0 saturated heterocycles. The van der Waals surface area contributed by atoms with Gasteiger partial charge in [-0.1, -0.05) is 175 Å². The van der Waals surface area contributed by atoms with Crippen molar-refractivity contribution in [2.45, 2.75) is 6.92 Å². The van der Waals surface area contributed by atoms with Crippen molar-refractivity contribution in [3.63, 3.8) is 0 Å². The van der Waals surface area contributed by atoms with E-state index in [4.69, 9.17) is 15.0 Å². The molecule has 0 N–H and O–H groups in total. The smallest absolute Gasteiger partial charge is 0.164 e. The lowest BCUT2D eigenvalue weighted by atomic mass is 9.84. The first-order chi connectivity index (χ1) is 24.2. The Morgan fingerprint density at radius 3 is 1.04 bits per heavy atom. The van der Waals surface area contributed by atoms with Gasteiger partial charge in [0.1, 0.15) is 0 Å². The highest BCUT2D eigenvalue weighted by molar-refractivity contribution is 5.98. The van der Waals surface area contributed by atoms with Crippen LogP contribution in [0.2, 0.25) is 0 Å². The molecular weight excluding hydrogens is 595 g/mol. The average Bonchev–Trinajstić information content (AvgIpc) is 3.19. The fraction of sp³-hybridized carbons (Fsp3) is 0.0217. The van der Waals surface area contributed by atoms with E-state index in [-0.39, 0.29) is 0 Å². The van der Waals surface area contributed by atoms with Crippen LogP contribution in [0.5, 0.6) is 0 Å². The standard InChI is InChI=1S/C46H33N3/c1-32-22-24-38(25-23-32)45-47-44(37-20-12-5-13-21-37)48-46(49-45)39-28-26-36(27-29-39)43-41(34-16-8-3-9-17-34)30-40(33-14-6-2-7-15-33)31-42(43)35-18-10-4-11-19-35/h2-31H,1H3. The minimum atomic E-state index is 0.641. The van der Waals surface area contributed by atoms with Crippen LogP contribution >= 0.6 is 0 Å². The van der Waals surface area contributed by atoms with Crippen LogP contribution in [0.3, 0.4) is 0 Å². The predicted molar refractivity (Wildman–Crippen MR) is 203 cm³/mol. The molecule has 0 spiro atoms.